The first kappa shape index (κ1) is 11.6. The predicted molar refractivity (Wildman–Crippen MR) is 69.4 cm³/mol. The third-order valence-corrected chi connectivity index (χ3v) is 4.89. The molecule has 0 aliphatic heterocycles. The molecule has 0 amide bonds. The molecule has 1 heterocycles. The predicted octanol–water partition coefficient (Wildman–Crippen LogP) is 2.77. The van der Waals surface area contributed by atoms with E-state index in [2.05, 4.69) is 45.7 Å². The van der Waals surface area contributed by atoms with Crippen molar-refractivity contribution in [3.8, 4) is 0 Å². The number of hydrogen-bond donors (Lipinski definition) is 2. The van der Waals surface area contributed by atoms with E-state index < -0.39 is 0 Å². The molecule has 0 radical (unpaired) electrons. The molecule has 1 aliphatic carbocycles. The molecular weight excluding hydrogens is 272 g/mol. The van der Waals surface area contributed by atoms with E-state index in [9.17, 15) is 0 Å². The van der Waals surface area contributed by atoms with Gasteiger partial charge in [-0.1, -0.05) is 0 Å². The van der Waals surface area contributed by atoms with Gasteiger partial charge in [-0.2, -0.15) is 0 Å². The molecule has 0 bridgehead atoms. The van der Waals surface area contributed by atoms with Gasteiger partial charge in [-0.05, 0) is 55.0 Å². The van der Waals surface area contributed by atoms with Crippen LogP contribution < -0.4 is 10.6 Å². The third kappa shape index (κ3) is 2.28. The lowest BCUT2D eigenvalue weighted by molar-refractivity contribution is 0.351. The average molecular weight is 289 g/mol. The SMILES string of the molecule is CNCC1(C(NC)c2ccc(Br)s2)CC1. The largest absolute Gasteiger partial charge is 0.319 e. The van der Waals surface area contributed by atoms with Crippen LogP contribution in [0.25, 0.3) is 0 Å². The van der Waals surface area contributed by atoms with Crippen molar-refractivity contribution in [2.45, 2.75) is 18.9 Å². The van der Waals surface area contributed by atoms with Crippen molar-refractivity contribution < 1.29 is 0 Å². The number of hydrogen-bond acceptors (Lipinski definition) is 3. The summed E-state index contributed by atoms with van der Waals surface area (Å²) in [5.41, 5.74) is 0.452. The van der Waals surface area contributed by atoms with Crippen molar-refractivity contribution in [2.75, 3.05) is 20.6 Å². The Hall–Kier alpha value is 0.1000. The summed E-state index contributed by atoms with van der Waals surface area (Å²) >= 11 is 5.37. The van der Waals surface area contributed by atoms with E-state index in [0.717, 1.165) is 6.54 Å². The minimum Gasteiger partial charge on any atom is -0.319 e. The zero-order valence-corrected chi connectivity index (χ0v) is 11.5. The summed E-state index contributed by atoms with van der Waals surface area (Å²) in [7, 11) is 4.10. The van der Waals surface area contributed by atoms with E-state index in [1.165, 1.54) is 21.5 Å². The molecule has 15 heavy (non-hydrogen) atoms. The number of rotatable bonds is 5. The molecule has 0 spiro atoms. The maximum absolute atomic E-state index is 3.53. The van der Waals surface area contributed by atoms with Crippen molar-refractivity contribution in [3.05, 3.63) is 20.8 Å². The van der Waals surface area contributed by atoms with E-state index in [1.807, 2.05) is 18.4 Å². The highest BCUT2D eigenvalue weighted by Crippen LogP contribution is 2.55. The summed E-state index contributed by atoms with van der Waals surface area (Å²) in [6, 6.07) is 4.87. The summed E-state index contributed by atoms with van der Waals surface area (Å²) in [4.78, 5) is 1.44. The highest BCUT2D eigenvalue weighted by atomic mass is 79.9. The molecule has 1 aromatic heterocycles. The number of thiophene rings is 1. The van der Waals surface area contributed by atoms with Crippen LogP contribution in [0.15, 0.2) is 15.9 Å². The van der Waals surface area contributed by atoms with Gasteiger partial charge in [0.2, 0.25) is 0 Å². The Labute approximate surface area is 104 Å². The van der Waals surface area contributed by atoms with Gasteiger partial charge in [-0.15, -0.1) is 11.3 Å². The second-order valence-corrected chi connectivity index (χ2v) is 6.75. The molecule has 0 aromatic carbocycles. The second kappa shape index (κ2) is 4.53. The molecule has 2 nitrogen and oxygen atoms in total. The fourth-order valence-corrected chi connectivity index (χ4v) is 3.99. The Kier molecular flexibility index (Phi) is 3.50. The van der Waals surface area contributed by atoms with Crippen molar-refractivity contribution in [3.63, 3.8) is 0 Å². The molecule has 1 aromatic rings. The van der Waals surface area contributed by atoms with Crippen molar-refractivity contribution >= 4 is 27.3 Å². The van der Waals surface area contributed by atoms with Crippen LogP contribution in [0.5, 0.6) is 0 Å². The van der Waals surface area contributed by atoms with Crippen LogP contribution in [0.2, 0.25) is 0 Å². The van der Waals surface area contributed by atoms with E-state index in [4.69, 9.17) is 0 Å². The Bertz CT molecular complexity index is 333. The molecule has 2 rings (SSSR count). The minimum absolute atomic E-state index is 0.452. The van der Waals surface area contributed by atoms with Crippen molar-refractivity contribution in [1.82, 2.24) is 10.6 Å². The third-order valence-electron chi connectivity index (χ3n) is 3.20. The van der Waals surface area contributed by atoms with Gasteiger partial charge in [-0.25, -0.2) is 0 Å². The normalized spacial score (nSPS) is 20.2. The van der Waals surface area contributed by atoms with Gasteiger partial charge in [0.1, 0.15) is 0 Å². The van der Waals surface area contributed by atoms with Gasteiger partial charge in [0.25, 0.3) is 0 Å². The maximum atomic E-state index is 3.53. The van der Waals surface area contributed by atoms with Crippen LogP contribution in [-0.4, -0.2) is 20.6 Å². The Morgan fingerprint density at radius 1 is 1.47 bits per heavy atom. The van der Waals surface area contributed by atoms with Crippen LogP contribution in [0.1, 0.15) is 23.8 Å². The van der Waals surface area contributed by atoms with Crippen LogP contribution >= 0.6 is 27.3 Å². The Morgan fingerprint density at radius 3 is 2.60 bits per heavy atom. The zero-order valence-electron chi connectivity index (χ0n) is 9.14. The number of nitrogens with one attached hydrogen (secondary N) is 2. The molecule has 0 saturated heterocycles. The fourth-order valence-electron chi connectivity index (χ4n) is 2.31. The topological polar surface area (TPSA) is 24.1 Å². The Morgan fingerprint density at radius 2 is 2.20 bits per heavy atom. The monoisotopic (exact) mass is 288 g/mol. The molecule has 1 atom stereocenters. The first-order valence-electron chi connectivity index (χ1n) is 5.29. The molecule has 84 valence electrons. The molecule has 1 fully saturated rings. The lowest BCUT2D eigenvalue weighted by Crippen LogP contribution is -2.32. The first-order valence-corrected chi connectivity index (χ1v) is 6.90. The lowest BCUT2D eigenvalue weighted by atomic mass is 9.95. The highest BCUT2D eigenvalue weighted by molar-refractivity contribution is 9.11. The van der Waals surface area contributed by atoms with Crippen LogP contribution in [0, 0.1) is 5.41 Å². The smallest absolute Gasteiger partial charge is 0.0701 e. The lowest BCUT2D eigenvalue weighted by Gasteiger charge is -2.25. The standard InChI is InChI=1S/C11H17BrN2S/c1-13-7-11(5-6-11)10(14-2)8-3-4-9(12)15-8/h3-4,10,13-14H,5-7H2,1-2H3. The molecule has 1 aliphatic rings. The van der Waals surface area contributed by atoms with Gasteiger partial charge in [0, 0.05) is 22.9 Å². The maximum Gasteiger partial charge on any atom is 0.0701 e. The van der Waals surface area contributed by atoms with Gasteiger partial charge in [0.05, 0.1) is 3.79 Å². The van der Waals surface area contributed by atoms with E-state index in [-0.39, 0.29) is 0 Å². The van der Waals surface area contributed by atoms with Gasteiger partial charge in [-0.3, -0.25) is 0 Å². The zero-order chi connectivity index (χ0) is 10.9. The van der Waals surface area contributed by atoms with Crippen LogP contribution in [-0.2, 0) is 0 Å². The second-order valence-electron chi connectivity index (χ2n) is 4.26. The summed E-state index contributed by atoms with van der Waals surface area (Å²) < 4.78 is 1.22. The van der Waals surface area contributed by atoms with Gasteiger partial charge in [0.15, 0.2) is 0 Å². The van der Waals surface area contributed by atoms with E-state index in [1.54, 1.807) is 0 Å². The van der Waals surface area contributed by atoms with Crippen molar-refractivity contribution in [1.29, 1.82) is 0 Å². The first-order chi connectivity index (χ1) is 7.22. The summed E-state index contributed by atoms with van der Waals surface area (Å²) in [5.74, 6) is 0. The summed E-state index contributed by atoms with van der Waals surface area (Å²) in [6.45, 7) is 1.11. The molecular formula is C11H17BrN2S. The minimum atomic E-state index is 0.452. The molecule has 1 saturated carbocycles. The van der Waals surface area contributed by atoms with Crippen LogP contribution in [0.4, 0.5) is 0 Å². The van der Waals surface area contributed by atoms with E-state index in [0.29, 0.717) is 11.5 Å². The highest BCUT2D eigenvalue weighted by Gasteiger charge is 2.49. The summed E-state index contributed by atoms with van der Waals surface area (Å²) in [5, 5.41) is 6.78. The fraction of sp³-hybridized carbons (Fsp3) is 0.636. The van der Waals surface area contributed by atoms with E-state index >= 15 is 0 Å². The Balaban J connectivity index is 2.17. The van der Waals surface area contributed by atoms with Gasteiger partial charge < -0.3 is 10.6 Å². The quantitative estimate of drug-likeness (QED) is 0.871. The molecule has 4 heteroatoms. The molecule has 2 N–H and O–H groups in total. The average Bonchev–Trinajstić information content (AvgIpc) is 2.85. The summed E-state index contributed by atoms with van der Waals surface area (Å²) in [6.07, 6.45) is 2.66. The van der Waals surface area contributed by atoms with Gasteiger partial charge >= 0.3 is 0 Å². The van der Waals surface area contributed by atoms with Crippen LogP contribution in [0.3, 0.4) is 0 Å². The molecule has 1 unspecified atom stereocenters. The van der Waals surface area contributed by atoms with Crippen molar-refractivity contribution in [2.24, 2.45) is 5.41 Å². The number of halogens is 1.